The van der Waals surface area contributed by atoms with Gasteiger partial charge in [-0.3, -0.25) is 0 Å². The number of ether oxygens (including phenoxy) is 1. The van der Waals surface area contributed by atoms with E-state index in [4.69, 9.17) is 0 Å². The molecule has 0 heterocycles. The van der Waals surface area contributed by atoms with E-state index in [1.807, 2.05) is 0 Å². The molecule has 0 rings (SSSR count). The SMILES string of the molecule is COCCCC(C(F)(F)F)(C(F)(F)F)C(F)(F)C(F)(F)C(F)(F)F. The maximum Gasteiger partial charge on any atom is 0.459 e. The smallest absolute Gasteiger partial charge is 0.385 e. The molecule has 0 atom stereocenters. The predicted molar refractivity (Wildman–Crippen MR) is 51.6 cm³/mol. The topological polar surface area (TPSA) is 9.23 Å². The van der Waals surface area contributed by atoms with Crippen LogP contribution in [0.4, 0.5) is 57.1 Å². The monoisotopic (exact) mass is 392 g/mol. The van der Waals surface area contributed by atoms with Crippen LogP contribution in [0.5, 0.6) is 0 Å². The second-order valence-corrected chi connectivity index (χ2v) is 4.64. The molecule has 24 heavy (non-hydrogen) atoms. The van der Waals surface area contributed by atoms with Crippen LogP contribution in [0.2, 0.25) is 0 Å². The Morgan fingerprint density at radius 2 is 0.958 bits per heavy atom. The highest BCUT2D eigenvalue weighted by molar-refractivity contribution is 5.10. The third-order valence-electron chi connectivity index (χ3n) is 3.15. The van der Waals surface area contributed by atoms with Gasteiger partial charge in [0.2, 0.25) is 5.41 Å². The van der Waals surface area contributed by atoms with Gasteiger partial charge in [-0.05, 0) is 12.8 Å². The van der Waals surface area contributed by atoms with E-state index in [1.165, 1.54) is 0 Å². The van der Waals surface area contributed by atoms with Gasteiger partial charge >= 0.3 is 30.4 Å². The summed E-state index contributed by atoms with van der Waals surface area (Å²) in [5, 5.41) is 0. The molecule has 0 aromatic rings. The number of hydrogen-bond donors (Lipinski definition) is 0. The van der Waals surface area contributed by atoms with Crippen molar-refractivity contribution in [3.8, 4) is 0 Å². The minimum absolute atomic E-state index is 0.741. The average molecular weight is 392 g/mol. The van der Waals surface area contributed by atoms with E-state index in [0.717, 1.165) is 7.11 Å². The fraction of sp³-hybridized carbons (Fsp3) is 1.00. The zero-order valence-electron chi connectivity index (χ0n) is 11.4. The molecule has 0 aliphatic heterocycles. The summed E-state index contributed by atoms with van der Waals surface area (Å²) in [5.74, 6) is -15.1. The van der Waals surface area contributed by atoms with Crippen LogP contribution in [-0.2, 0) is 4.74 Å². The highest BCUT2D eigenvalue weighted by Crippen LogP contribution is 2.67. The van der Waals surface area contributed by atoms with Crippen molar-refractivity contribution >= 4 is 0 Å². The van der Waals surface area contributed by atoms with Crippen molar-refractivity contribution in [1.29, 1.82) is 0 Å². The number of alkyl halides is 13. The van der Waals surface area contributed by atoms with Gasteiger partial charge < -0.3 is 4.74 Å². The van der Waals surface area contributed by atoms with Crippen LogP contribution in [0.1, 0.15) is 12.8 Å². The second kappa shape index (κ2) is 6.41. The van der Waals surface area contributed by atoms with Gasteiger partial charge in [0.25, 0.3) is 0 Å². The van der Waals surface area contributed by atoms with E-state index in [0.29, 0.717) is 0 Å². The lowest BCUT2D eigenvalue weighted by Gasteiger charge is -2.45. The van der Waals surface area contributed by atoms with Crippen LogP contribution >= 0.6 is 0 Å². The molecule has 0 radical (unpaired) electrons. The molecule has 14 heteroatoms. The average Bonchev–Trinajstić information content (AvgIpc) is 2.29. The molecule has 0 saturated carbocycles. The molecule has 0 unspecified atom stereocenters. The van der Waals surface area contributed by atoms with Crippen LogP contribution in [0.3, 0.4) is 0 Å². The van der Waals surface area contributed by atoms with E-state index in [-0.39, 0.29) is 0 Å². The van der Waals surface area contributed by atoms with Crippen molar-refractivity contribution in [2.75, 3.05) is 13.7 Å². The molecular weight excluding hydrogens is 383 g/mol. The number of methoxy groups -OCH3 is 1. The van der Waals surface area contributed by atoms with Gasteiger partial charge in [0.15, 0.2) is 0 Å². The maximum absolute atomic E-state index is 13.5. The van der Waals surface area contributed by atoms with Crippen molar-refractivity contribution in [3.63, 3.8) is 0 Å². The molecule has 0 N–H and O–H groups in total. The minimum atomic E-state index is -7.59. The lowest BCUT2D eigenvalue weighted by molar-refractivity contribution is -0.461. The molecule has 0 bridgehead atoms. The van der Waals surface area contributed by atoms with Crippen molar-refractivity contribution in [2.45, 2.75) is 43.2 Å². The van der Waals surface area contributed by atoms with Crippen LogP contribution in [0.15, 0.2) is 0 Å². The van der Waals surface area contributed by atoms with Crippen molar-refractivity contribution in [1.82, 2.24) is 0 Å². The lowest BCUT2D eigenvalue weighted by atomic mass is 9.72. The molecule has 0 aliphatic rings. The Balaban J connectivity index is 6.59. The van der Waals surface area contributed by atoms with Crippen molar-refractivity contribution in [2.24, 2.45) is 5.41 Å². The zero-order valence-corrected chi connectivity index (χ0v) is 11.4. The number of halogens is 13. The first kappa shape index (κ1) is 23.1. The maximum atomic E-state index is 13.5. The van der Waals surface area contributed by atoms with E-state index >= 15 is 0 Å². The van der Waals surface area contributed by atoms with Gasteiger partial charge in [0.05, 0.1) is 0 Å². The summed E-state index contributed by atoms with van der Waals surface area (Å²) >= 11 is 0. The molecule has 0 aliphatic carbocycles. The zero-order chi connectivity index (χ0) is 19.8. The normalized spacial score (nSPS) is 15.8. The molecule has 0 fully saturated rings. The lowest BCUT2D eigenvalue weighted by Crippen LogP contribution is -2.70. The van der Waals surface area contributed by atoms with Crippen molar-refractivity contribution in [3.05, 3.63) is 0 Å². The van der Waals surface area contributed by atoms with Crippen molar-refractivity contribution < 1.29 is 61.8 Å². The highest BCUT2D eigenvalue weighted by atomic mass is 19.4. The molecular formula is C10H9F13O. The number of hydrogen-bond acceptors (Lipinski definition) is 1. The van der Waals surface area contributed by atoms with Gasteiger partial charge in [0.1, 0.15) is 0 Å². The van der Waals surface area contributed by atoms with Gasteiger partial charge in [0, 0.05) is 13.7 Å². The summed E-state index contributed by atoms with van der Waals surface area (Å²) in [5.41, 5.74) is -6.62. The summed E-state index contributed by atoms with van der Waals surface area (Å²) in [6.07, 6.45) is -25.9. The predicted octanol–water partition coefficient (Wildman–Crippen LogP) is 5.36. The Morgan fingerprint density at radius 1 is 0.583 bits per heavy atom. The van der Waals surface area contributed by atoms with Crippen LogP contribution in [-0.4, -0.2) is 44.1 Å². The summed E-state index contributed by atoms with van der Waals surface area (Å²) < 4.78 is 169. The molecule has 0 aromatic carbocycles. The van der Waals surface area contributed by atoms with E-state index in [2.05, 4.69) is 4.74 Å². The molecule has 146 valence electrons. The van der Waals surface area contributed by atoms with Gasteiger partial charge in [-0.15, -0.1) is 0 Å². The van der Waals surface area contributed by atoms with Gasteiger partial charge in [-0.1, -0.05) is 0 Å². The Bertz CT molecular complexity index is 402. The quantitative estimate of drug-likeness (QED) is 0.437. The second-order valence-electron chi connectivity index (χ2n) is 4.64. The van der Waals surface area contributed by atoms with Gasteiger partial charge in [-0.2, -0.15) is 57.1 Å². The van der Waals surface area contributed by atoms with Crippen LogP contribution in [0.25, 0.3) is 0 Å². The standard InChI is InChI=1S/C10H9F13O/c1-24-4-2-3-5(8(15,16)17,9(18,19)20)6(11,12)7(13,14)10(21,22)23/h2-4H2,1H3. The Morgan fingerprint density at radius 3 is 1.21 bits per heavy atom. The van der Waals surface area contributed by atoms with E-state index in [1.54, 1.807) is 0 Å². The largest absolute Gasteiger partial charge is 0.459 e. The fourth-order valence-electron chi connectivity index (χ4n) is 1.88. The summed E-state index contributed by atoms with van der Waals surface area (Å²) in [7, 11) is 0.741. The first-order valence-corrected chi connectivity index (χ1v) is 5.76. The minimum Gasteiger partial charge on any atom is -0.385 e. The Kier molecular flexibility index (Phi) is 6.15. The summed E-state index contributed by atoms with van der Waals surface area (Å²) in [6, 6.07) is 0. The molecule has 0 amide bonds. The molecule has 0 aromatic heterocycles. The first-order valence-electron chi connectivity index (χ1n) is 5.76. The third kappa shape index (κ3) is 3.38. The molecule has 0 saturated heterocycles. The third-order valence-corrected chi connectivity index (χ3v) is 3.15. The van der Waals surface area contributed by atoms with Crippen LogP contribution < -0.4 is 0 Å². The van der Waals surface area contributed by atoms with E-state index < -0.39 is 55.2 Å². The molecule has 1 nitrogen and oxygen atoms in total. The van der Waals surface area contributed by atoms with Gasteiger partial charge in [-0.25, -0.2) is 0 Å². The Hall–Kier alpha value is -0.950. The first-order chi connectivity index (χ1) is 10.3. The fourth-order valence-corrected chi connectivity index (χ4v) is 1.88. The molecule has 0 spiro atoms. The summed E-state index contributed by atoms with van der Waals surface area (Å²) in [4.78, 5) is 0. The summed E-state index contributed by atoms with van der Waals surface area (Å²) in [6.45, 7) is -1.01. The van der Waals surface area contributed by atoms with Crippen LogP contribution in [0, 0.1) is 5.41 Å². The Labute approximate surface area is 125 Å². The number of rotatable bonds is 6. The van der Waals surface area contributed by atoms with E-state index in [9.17, 15) is 57.1 Å². The highest BCUT2D eigenvalue weighted by Gasteiger charge is 2.91.